The molecule has 2 heterocycles. The fourth-order valence-corrected chi connectivity index (χ4v) is 4.59. The van der Waals surface area contributed by atoms with Crippen molar-refractivity contribution in [3.8, 4) is 0 Å². The van der Waals surface area contributed by atoms with Gasteiger partial charge in [-0.15, -0.1) is 0 Å². The van der Waals surface area contributed by atoms with Gasteiger partial charge in [0.2, 0.25) is 0 Å². The van der Waals surface area contributed by atoms with E-state index < -0.39 is 0 Å². The van der Waals surface area contributed by atoms with Crippen LogP contribution in [0.4, 0.5) is 0 Å². The summed E-state index contributed by atoms with van der Waals surface area (Å²) in [7, 11) is 1.82. The van der Waals surface area contributed by atoms with Crippen LogP contribution in [0.3, 0.4) is 0 Å². The van der Waals surface area contributed by atoms with Crippen LogP contribution in [0, 0.1) is 5.41 Å². The fraction of sp³-hybridized carbons (Fsp3) is 0.895. The minimum atomic E-state index is -0.223. The van der Waals surface area contributed by atoms with Gasteiger partial charge in [-0.1, -0.05) is 12.8 Å². The molecule has 2 aliphatic heterocycles. The number of piperazine rings is 1. The van der Waals surface area contributed by atoms with Crippen LogP contribution in [0.25, 0.3) is 0 Å². The zero-order valence-electron chi connectivity index (χ0n) is 16.1. The van der Waals surface area contributed by atoms with Crippen molar-refractivity contribution in [2.24, 2.45) is 10.4 Å². The van der Waals surface area contributed by atoms with Gasteiger partial charge in [0.25, 0.3) is 5.91 Å². The van der Waals surface area contributed by atoms with E-state index in [9.17, 15) is 9.90 Å². The Labute approximate surface area is 156 Å². The number of carbonyl (C=O) groups is 1. The van der Waals surface area contributed by atoms with Crippen molar-refractivity contribution in [2.45, 2.75) is 51.0 Å². The summed E-state index contributed by atoms with van der Waals surface area (Å²) >= 11 is 0. The Morgan fingerprint density at radius 2 is 1.88 bits per heavy atom. The third-order valence-electron chi connectivity index (χ3n) is 6.24. The first-order chi connectivity index (χ1) is 12.7. The van der Waals surface area contributed by atoms with E-state index in [1.54, 1.807) is 0 Å². The van der Waals surface area contributed by atoms with Crippen molar-refractivity contribution in [3.05, 3.63) is 0 Å². The van der Waals surface area contributed by atoms with E-state index in [0.29, 0.717) is 6.61 Å². The van der Waals surface area contributed by atoms with Crippen LogP contribution in [0.1, 0.15) is 44.9 Å². The molecule has 2 N–H and O–H groups in total. The van der Waals surface area contributed by atoms with Crippen molar-refractivity contribution >= 4 is 11.9 Å². The maximum atomic E-state index is 12.5. The van der Waals surface area contributed by atoms with Gasteiger partial charge in [0.15, 0.2) is 5.96 Å². The van der Waals surface area contributed by atoms with Crippen LogP contribution in [0.15, 0.2) is 4.99 Å². The molecule has 0 aromatic heterocycles. The molecule has 1 saturated carbocycles. The number of aliphatic imine (C=N–C) groups is 1. The number of nitrogens with one attached hydrogen (secondary N) is 1. The smallest absolute Gasteiger partial charge is 0.251 e. The highest BCUT2D eigenvalue weighted by molar-refractivity contribution is 5.82. The molecule has 1 unspecified atom stereocenters. The van der Waals surface area contributed by atoms with E-state index in [4.69, 9.17) is 4.74 Å². The number of nitrogens with zero attached hydrogens (tertiary/aromatic N) is 3. The number of ether oxygens (including phenoxy) is 1. The quantitative estimate of drug-likeness (QED) is 0.557. The van der Waals surface area contributed by atoms with Crippen LogP contribution >= 0.6 is 0 Å². The molecule has 3 aliphatic rings. The Bertz CT molecular complexity index is 491. The molecule has 1 atom stereocenters. The minimum Gasteiger partial charge on any atom is -0.396 e. The second-order valence-electron chi connectivity index (χ2n) is 7.90. The molecule has 7 nitrogen and oxygen atoms in total. The van der Waals surface area contributed by atoms with Gasteiger partial charge in [0, 0.05) is 53.0 Å². The molecule has 1 aliphatic carbocycles. The van der Waals surface area contributed by atoms with E-state index >= 15 is 0 Å². The molecule has 0 radical (unpaired) electrons. The SMILES string of the molecule is CN=C(NCC1(CCO)CCCC1)N1CCN(C(=O)C2CCCO2)CC1. The third kappa shape index (κ3) is 4.49. The Hall–Kier alpha value is -1.34. The second-order valence-corrected chi connectivity index (χ2v) is 7.90. The highest BCUT2D eigenvalue weighted by Gasteiger charge is 2.34. The predicted octanol–water partition coefficient (Wildman–Crippen LogP) is 0.828. The number of guanidine groups is 1. The molecule has 0 aromatic carbocycles. The minimum absolute atomic E-state index is 0.151. The molecule has 3 rings (SSSR count). The zero-order chi connectivity index (χ0) is 18.4. The maximum Gasteiger partial charge on any atom is 0.251 e. The van der Waals surface area contributed by atoms with Crippen LogP contribution in [0.5, 0.6) is 0 Å². The van der Waals surface area contributed by atoms with Gasteiger partial charge in [0.05, 0.1) is 0 Å². The molecule has 7 heteroatoms. The van der Waals surface area contributed by atoms with Crippen LogP contribution < -0.4 is 5.32 Å². The van der Waals surface area contributed by atoms with Gasteiger partial charge in [-0.3, -0.25) is 9.79 Å². The van der Waals surface area contributed by atoms with Crippen molar-refractivity contribution in [1.29, 1.82) is 0 Å². The highest BCUT2D eigenvalue weighted by atomic mass is 16.5. The first-order valence-electron chi connectivity index (χ1n) is 10.1. The monoisotopic (exact) mass is 366 g/mol. The van der Waals surface area contributed by atoms with Crippen LogP contribution in [0.2, 0.25) is 0 Å². The maximum absolute atomic E-state index is 12.5. The van der Waals surface area contributed by atoms with E-state index in [-0.39, 0.29) is 24.0 Å². The van der Waals surface area contributed by atoms with E-state index in [2.05, 4.69) is 15.2 Å². The zero-order valence-corrected chi connectivity index (χ0v) is 16.1. The molecule has 148 valence electrons. The summed E-state index contributed by atoms with van der Waals surface area (Å²) in [6.45, 7) is 4.88. The predicted molar refractivity (Wildman–Crippen MR) is 101 cm³/mol. The summed E-state index contributed by atoms with van der Waals surface area (Å²) in [5.74, 6) is 1.07. The summed E-state index contributed by atoms with van der Waals surface area (Å²) in [6, 6.07) is 0. The molecule has 3 fully saturated rings. The average Bonchev–Trinajstić information content (AvgIpc) is 3.35. The van der Waals surface area contributed by atoms with Crippen molar-refractivity contribution in [2.75, 3.05) is 53.0 Å². The normalized spacial score (nSPS) is 26.4. The van der Waals surface area contributed by atoms with Gasteiger partial charge >= 0.3 is 0 Å². The van der Waals surface area contributed by atoms with Crippen LogP contribution in [-0.4, -0.2) is 85.9 Å². The number of hydrogen-bond donors (Lipinski definition) is 2. The number of amides is 1. The summed E-state index contributed by atoms with van der Waals surface area (Å²) in [5.41, 5.74) is 0.211. The van der Waals surface area contributed by atoms with E-state index in [1.807, 2.05) is 11.9 Å². The molecule has 0 spiro atoms. The topological polar surface area (TPSA) is 77.4 Å². The third-order valence-corrected chi connectivity index (χ3v) is 6.24. The lowest BCUT2D eigenvalue weighted by Gasteiger charge is -2.38. The number of aliphatic hydroxyl groups is 1. The summed E-state index contributed by atoms with van der Waals surface area (Å²) < 4.78 is 5.53. The van der Waals surface area contributed by atoms with E-state index in [1.165, 1.54) is 25.7 Å². The molecule has 1 amide bonds. The van der Waals surface area contributed by atoms with Gasteiger partial charge in [0.1, 0.15) is 6.10 Å². The Morgan fingerprint density at radius 3 is 2.46 bits per heavy atom. The molecule has 2 saturated heterocycles. The number of carbonyl (C=O) groups excluding carboxylic acids is 1. The van der Waals surface area contributed by atoms with Crippen molar-refractivity contribution < 1.29 is 14.6 Å². The first-order valence-corrected chi connectivity index (χ1v) is 10.1. The number of rotatable bonds is 5. The molecule has 0 aromatic rings. The fourth-order valence-electron chi connectivity index (χ4n) is 4.59. The second kappa shape index (κ2) is 9.04. The standard InChI is InChI=1S/C19H34N4O3/c1-20-18(21-15-19(8-13-24)6-2-3-7-19)23-11-9-22(10-12-23)17(25)16-5-4-14-26-16/h16,24H,2-15H2,1H3,(H,20,21). The average molecular weight is 367 g/mol. The summed E-state index contributed by atoms with van der Waals surface area (Å²) in [4.78, 5) is 21.1. The lowest BCUT2D eigenvalue weighted by atomic mass is 9.83. The van der Waals surface area contributed by atoms with Gasteiger partial charge in [-0.2, -0.15) is 0 Å². The van der Waals surface area contributed by atoms with Gasteiger partial charge < -0.3 is 25.0 Å². The van der Waals surface area contributed by atoms with Crippen molar-refractivity contribution in [3.63, 3.8) is 0 Å². The Morgan fingerprint density at radius 1 is 1.19 bits per heavy atom. The van der Waals surface area contributed by atoms with E-state index in [0.717, 1.165) is 57.9 Å². The largest absolute Gasteiger partial charge is 0.396 e. The Kier molecular flexibility index (Phi) is 6.75. The lowest BCUT2D eigenvalue weighted by Crippen LogP contribution is -2.56. The summed E-state index contributed by atoms with van der Waals surface area (Å²) in [6.07, 6.45) is 7.36. The van der Waals surface area contributed by atoms with Crippen molar-refractivity contribution in [1.82, 2.24) is 15.1 Å². The number of aliphatic hydroxyl groups excluding tert-OH is 1. The molecular formula is C19H34N4O3. The molecular weight excluding hydrogens is 332 g/mol. The van der Waals surface area contributed by atoms with Gasteiger partial charge in [-0.25, -0.2) is 0 Å². The molecule has 26 heavy (non-hydrogen) atoms. The van der Waals surface area contributed by atoms with Crippen LogP contribution in [-0.2, 0) is 9.53 Å². The molecule has 0 bridgehead atoms. The highest BCUT2D eigenvalue weighted by Crippen LogP contribution is 2.40. The Balaban J connectivity index is 1.48. The summed E-state index contributed by atoms with van der Waals surface area (Å²) in [5, 5.41) is 13.0. The number of hydrogen-bond acceptors (Lipinski definition) is 4. The lowest BCUT2D eigenvalue weighted by molar-refractivity contribution is -0.142. The van der Waals surface area contributed by atoms with Gasteiger partial charge in [-0.05, 0) is 37.5 Å². The first kappa shape index (κ1) is 19.4.